The van der Waals surface area contributed by atoms with E-state index in [0.29, 0.717) is 12.0 Å². The van der Waals surface area contributed by atoms with E-state index in [1.165, 1.54) is 39.9 Å². The summed E-state index contributed by atoms with van der Waals surface area (Å²) >= 11 is 0. The average Bonchev–Trinajstić information content (AvgIpc) is 3.10. The molecule has 0 radical (unpaired) electrons. The van der Waals surface area contributed by atoms with Crippen molar-refractivity contribution in [2.75, 3.05) is 0 Å². The molecule has 0 amide bonds. The Labute approximate surface area is 176 Å². The zero-order valence-corrected chi connectivity index (χ0v) is 17.3. The first-order valence-corrected chi connectivity index (χ1v) is 10.3. The predicted molar refractivity (Wildman–Crippen MR) is 117 cm³/mol. The third-order valence-electron chi connectivity index (χ3n) is 5.79. The normalized spacial score (nSPS) is 13.3. The lowest BCUT2D eigenvalue weighted by Crippen LogP contribution is -2.06. The summed E-state index contributed by atoms with van der Waals surface area (Å²) in [5, 5.41) is 0. The maximum atomic E-state index is 13.2. The lowest BCUT2D eigenvalue weighted by Gasteiger charge is -2.15. The van der Waals surface area contributed by atoms with E-state index in [9.17, 15) is 13.2 Å². The molecule has 30 heavy (non-hydrogen) atoms. The SMILES string of the molecule is Cc1ccc(CCc2cccc3c2C(Cc2cc(C)cc(C(F)(F)F)c2)=CC3)cc1. The molecule has 0 fully saturated rings. The molecule has 0 saturated heterocycles. The molecule has 0 unspecified atom stereocenters. The number of halogens is 3. The van der Waals surface area contributed by atoms with E-state index in [1.54, 1.807) is 6.92 Å². The van der Waals surface area contributed by atoms with Gasteiger partial charge in [0.05, 0.1) is 5.56 Å². The smallest absolute Gasteiger partial charge is 0.166 e. The number of aryl methyl sites for hydroxylation is 4. The number of rotatable bonds is 5. The van der Waals surface area contributed by atoms with Crippen LogP contribution in [0.1, 0.15) is 44.5 Å². The summed E-state index contributed by atoms with van der Waals surface area (Å²) in [6, 6.07) is 19.3. The zero-order valence-electron chi connectivity index (χ0n) is 17.3. The number of allylic oxidation sites excluding steroid dienone is 2. The van der Waals surface area contributed by atoms with E-state index < -0.39 is 11.7 Å². The molecule has 1 aliphatic carbocycles. The molecule has 0 aromatic heterocycles. The maximum absolute atomic E-state index is 13.2. The highest BCUT2D eigenvalue weighted by atomic mass is 19.4. The molecule has 0 spiro atoms. The van der Waals surface area contributed by atoms with Crippen molar-refractivity contribution in [3.8, 4) is 0 Å². The summed E-state index contributed by atoms with van der Waals surface area (Å²) in [6.07, 6.45) is 1.11. The number of alkyl halides is 3. The monoisotopic (exact) mass is 406 g/mol. The Hall–Kier alpha value is -2.81. The van der Waals surface area contributed by atoms with Crippen LogP contribution < -0.4 is 0 Å². The van der Waals surface area contributed by atoms with E-state index in [2.05, 4.69) is 55.5 Å². The Balaban J connectivity index is 1.58. The van der Waals surface area contributed by atoms with Crippen LogP contribution in [-0.4, -0.2) is 0 Å². The molecule has 154 valence electrons. The molecule has 0 heterocycles. The second-order valence-electron chi connectivity index (χ2n) is 8.25. The minimum atomic E-state index is -4.32. The quantitative estimate of drug-likeness (QED) is 0.417. The molecule has 3 aromatic carbocycles. The van der Waals surface area contributed by atoms with Gasteiger partial charge >= 0.3 is 6.18 Å². The molecule has 0 atom stereocenters. The van der Waals surface area contributed by atoms with Gasteiger partial charge in [0, 0.05) is 0 Å². The van der Waals surface area contributed by atoms with E-state index in [4.69, 9.17) is 0 Å². The molecule has 0 bridgehead atoms. The fourth-order valence-corrected chi connectivity index (χ4v) is 4.32. The summed E-state index contributed by atoms with van der Waals surface area (Å²) in [5.74, 6) is 0. The Morgan fingerprint density at radius 3 is 2.30 bits per heavy atom. The van der Waals surface area contributed by atoms with Gasteiger partial charge in [0.1, 0.15) is 0 Å². The number of hydrogen-bond acceptors (Lipinski definition) is 0. The first-order chi connectivity index (χ1) is 14.3. The fraction of sp³-hybridized carbons (Fsp3) is 0.259. The van der Waals surface area contributed by atoms with Crippen LogP contribution >= 0.6 is 0 Å². The van der Waals surface area contributed by atoms with E-state index >= 15 is 0 Å². The lowest BCUT2D eigenvalue weighted by molar-refractivity contribution is -0.137. The van der Waals surface area contributed by atoms with Crippen LogP contribution in [0.2, 0.25) is 0 Å². The van der Waals surface area contributed by atoms with Crippen molar-refractivity contribution < 1.29 is 13.2 Å². The zero-order chi connectivity index (χ0) is 21.3. The standard InChI is InChI=1S/C27H25F3/c1-18-6-8-20(9-7-18)10-11-22-4-3-5-23-12-13-24(26(22)23)16-21-14-19(2)15-25(17-21)27(28,29)30/h3-9,13-15,17H,10-12,16H2,1-2H3. The molecule has 1 aliphatic rings. The van der Waals surface area contributed by atoms with Crippen LogP contribution in [0, 0.1) is 13.8 Å². The van der Waals surface area contributed by atoms with Crippen molar-refractivity contribution in [3.63, 3.8) is 0 Å². The molecular formula is C27H25F3. The molecule has 3 heteroatoms. The largest absolute Gasteiger partial charge is 0.416 e. The average molecular weight is 406 g/mol. The molecule has 4 rings (SSSR count). The maximum Gasteiger partial charge on any atom is 0.416 e. The molecule has 0 saturated carbocycles. The van der Waals surface area contributed by atoms with Crippen molar-refractivity contribution >= 4 is 5.57 Å². The van der Waals surface area contributed by atoms with Crippen LogP contribution in [0.5, 0.6) is 0 Å². The minimum absolute atomic E-state index is 0.527. The van der Waals surface area contributed by atoms with Crippen LogP contribution in [0.3, 0.4) is 0 Å². The van der Waals surface area contributed by atoms with Gasteiger partial charge in [0.2, 0.25) is 0 Å². The fourth-order valence-electron chi connectivity index (χ4n) is 4.32. The predicted octanol–water partition coefficient (Wildman–Crippen LogP) is 7.29. The van der Waals surface area contributed by atoms with Crippen LogP contribution in [0.25, 0.3) is 5.57 Å². The Morgan fingerprint density at radius 2 is 1.57 bits per heavy atom. The summed E-state index contributed by atoms with van der Waals surface area (Å²) in [6.45, 7) is 3.81. The van der Waals surface area contributed by atoms with Crippen LogP contribution in [-0.2, 0) is 31.9 Å². The van der Waals surface area contributed by atoms with Crippen molar-refractivity contribution in [1.29, 1.82) is 0 Å². The van der Waals surface area contributed by atoms with Gasteiger partial charge in [-0.2, -0.15) is 13.2 Å². The van der Waals surface area contributed by atoms with Gasteiger partial charge in [-0.15, -0.1) is 0 Å². The van der Waals surface area contributed by atoms with Crippen molar-refractivity contribution in [3.05, 3.63) is 111 Å². The van der Waals surface area contributed by atoms with Gasteiger partial charge in [-0.25, -0.2) is 0 Å². The topological polar surface area (TPSA) is 0 Å². The first-order valence-electron chi connectivity index (χ1n) is 10.3. The summed E-state index contributed by atoms with van der Waals surface area (Å²) < 4.78 is 39.7. The van der Waals surface area contributed by atoms with E-state index in [0.717, 1.165) is 30.4 Å². The van der Waals surface area contributed by atoms with Gasteiger partial charge in [0.15, 0.2) is 0 Å². The molecular weight excluding hydrogens is 381 g/mol. The highest BCUT2D eigenvalue weighted by Crippen LogP contribution is 2.36. The van der Waals surface area contributed by atoms with Crippen molar-refractivity contribution in [2.24, 2.45) is 0 Å². The second kappa shape index (κ2) is 8.14. The Bertz CT molecular complexity index is 1090. The Morgan fingerprint density at radius 1 is 0.800 bits per heavy atom. The van der Waals surface area contributed by atoms with Gasteiger partial charge in [0.25, 0.3) is 0 Å². The number of hydrogen-bond donors (Lipinski definition) is 0. The second-order valence-corrected chi connectivity index (χ2v) is 8.25. The molecule has 3 aromatic rings. The van der Waals surface area contributed by atoms with Gasteiger partial charge in [-0.05, 0) is 85.1 Å². The van der Waals surface area contributed by atoms with Crippen LogP contribution in [0.15, 0.2) is 66.7 Å². The Kier molecular flexibility index (Phi) is 5.55. The molecule has 0 aliphatic heterocycles. The third kappa shape index (κ3) is 4.51. The molecule has 0 nitrogen and oxygen atoms in total. The number of fused-ring (bicyclic) bond motifs is 1. The molecule has 0 N–H and O–H groups in total. The highest BCUT2D eigenvalue weighted by Gasteiger charge is 2.31. The lowest BCUT2D eigenvalue weighted by atomic mass is 9.91. The first kappa shape index (κ1) is 20.5. The van der Waals surface area contributed by atoms with E-state index in [1.807, 2.05) is 6.07 Å². The summed E-state index contributed by atoms with van der Waals surface area (Å²) in [5.41, 5.74) is 8.28. The van der Waals surface area contributed by atoms with Crippen LogP contribution in [0.4, 0.5) is 13.2 Å². The van der Waals surface area contributed by atoms with Gasteiger partial charge in [-0.3, -0.25) is 0 Å². The minimum Gasteiger partial charge on any atom is -0.166 e. The van der Waals surface area contributed by atoms with Gasteiger partial charge < -0.3 is 0 Å². The number of benzene rings is 3. The van der Waals surface area contributed by atoms with Crippen molar-refractivity contribution in [2.45, 2.75) is 45.7 Å². The summed E-state index contributed by atoms with van der Waals surface area (Å²) in [4.78, 5) is 0. The third-order valence-corrected chi connectivity index (χ3v) is 5.79. The highest BCUT2D eigenvalue weighted by molar-refractivity contribution is 5.77. The van der Waals surface area contributed by atoms with Crippen molar-refractivity contribution in [1.82, 2.24) is 0 Å². The van der Waals surface area contributed by atoms with Gasteiger partial charge in [-0.1, -0.05) is 65.7 Å². The summed E-state index contributed by atoms with van der Waals surface area (Å²) in [7, 11) is 0. The van der Waals surface area contributed by atoms with E-state index in [-0.39, 0.29) is 0 Å².